The van der Waals surface area contributed by atoms with Crippen LogP contribution in [0.5, 0.6) is 0 Å². The van der Waals surface area contributed by atoms with Gasteiger partial charge in [-0.25, -0.2) is 4.98 Å². The van der Waals surface area contributed by atoms with Crippen molar-refractivity contribution in [1.29, 1.82) is 0 Å². The molecule has 0 radical (unpaired) electrons. The van der Waals surface area contributed by atoms with Crippen molar-refractivity contribution >= 4 is 11.3 Å². The first-order valence-electron chi connectivity index (χ1n) is 5.92. The zero-order valence-corrected chi connectivity index (χ0v) is 10.6. The lowest BCUT2D eigenvalue weighted by atomic mass is 9.74. The zero-order valence-electron chi connectivity index (χ0n) is 9.76. The van der Waals surface area contributed by atoms with Crippen LogP contribution in [0.2, 0.25) is 0 Å². The lowest BCUT2D eigenvalue weighted by Gasteiger charge is -2.31. The first-order chi connectivity index (χ1) is 8.24. The van der Waals surface area contributed by atoms with Crippen molar-refractivity contribution in [3.8, 4) is 0 Å². The first-order valence-corrected chi connectivity index (χ1v) is 6.80. The number of hydrogen-bond donors (Lipinski definition) is 1. The third kappa shape index (κ3) is 2.01. The highest BCUT2D eigenvalue weighted by Gasteiger charge is 2.28. The van der Waals surface area contributed by atoms with Gasteiger partial charge in [0, 0.05) is 5.38 Å². The summed E-state index contributed by atoms with van der Waals surface area (Å²) >= 11 is 1.60. The van der Waals surface area contributed by atoms with Gasteiger partial charge in [0.05, 0.1) is 16.8 Å². The van der Waals surface area contributed by atoms with Crippen LogP contribution in [-0.2, 0) is 6.42 Å². The number of thiazole rings is 1. The Labute approximate surface area is 105 Å². The number of hydrogen-bond acceptors (Lipinski definition) is 3. The highest BCUT2D eigenvalue weighted by atomic mass is 32.1. The first kappa shape index (κ1) is 10.9. The number of aliphatic hydroxyl groups excluding tert-OH is 1. The van der Waals surface area contributed by atoms with Crippen LogP contribution in [0.1, 0.15) is 40.3 Å². The molecule has 2 unspecified atom stereocenters. The second kappa shape index (κ2) is 4.24. The average molecular weight is 245 g/mol. The molecule has 0 amide bonds. The Hall–Kier alpha value is -1.19. The molecule has 1 aromatic carbocycles. The molecule has 0 saturated heterocycles. The van der Waals surface area contributed by atoms with E-state index in [1.165, 1.54) is 11.1 Å². The summed E-state index contributed by atoms with van der Waals surface area (Å²) in [5.74, 6) is 0.503. The second-order valence-corrected chi connectivity index (χ2v) is 5.70. The van der Waals surface area contributed by atoms with Gasteiger partial charge in [0.1, 0.15) is 0 Å². The van der Waals surface area contributed by atoms with Gasteiger partial charge in [-0.1, -0.05) is 24.3 Å². The lowest BCUT2D eigenvalue weighted by Crippen LogP contribution is -2.19. The van der Waals surface area contributed by atoms with E-state index < -0.39 is 6.10 Å². The molecule has 17 heavy (non-hydrogen) atoms. The fourth-order valence-electron chi connectivity index (χ4n) is 2.50. The number of rotatable bonds is 3. The van der Waals surface area contributed by atoms with Crippen LogP contribution in [0.3, 0.4) is 0 Å². The summed E-state index contributed by atoms with van der Waals surface area (Å²) in [6.45, 7) is 1.97. The summed E-state index contributed by atoms with van der Waals surface area (Å²) in [6.07, 6.45) is 1.47. The summed E-state index contributed by atoms with van der Waals surface area (Å²) in [5.41, 5.74) is 3.66. The maximum Gasteiger partial charge on any atom is 0.0974 e. The minimum Gasteiger partial charge on any atom is -0.387 e. The van der Waals surface area contributed by atoms with E-state index in [1.54, 1.807) is 11.3 Å². The van der Waals surface area contributed by atoms with E-state index in [-0.39, 0.29) is 0 Å². The molecule has 1 aliphatic carbocycles. The third-order valence-corrected chi connectivity index (χ3v) is 4.24. The summed E-state index contributed by atoms with van der Waals surface area (Å²) in [4.78, 5) is 4.35. The minimum atomic E-state index is -0.418. The number of aromatic nitrogens is 1. The largest absolute Gasteiger partial charge is 0.387 e. The number of nitrogens with zero attached hydrogens (tertiary/aromatic N) is 1. The molecule has 1 aliphatic rings. The van der Waals surface area contributed by atoms with E-state index >= 15 is 0 Å². The Morgan fingerprint density at radius 1 is 1.47 bits per heavy atom. The van der Waals surface area contributed by atoms with E-state index in [4.69, 9.17) is 0 Å². The molecule has 2 atom stereocenters. The average Bonchev–Trinajstić information content (AvgIpc) is 2.73. The molecule has 0 spiro atoms. The van der Waals surface area contributed by atoms with Gasteiger partial charge in [0.2, 0.25) is 0 Å². The van der Waals surface area contributed by atoms with Gasteiger partial charge >= 0.3 is 0 Å². The highest BCUT2D eigenvalue weighted by Crippen LogP contribution is 2.40. The maximum atomic E-state index is 10.1. The van der Waals surface area contributed by atoms with Crippen molar-refractivity contribution in [3.05, 3.63) is 51.5 Å². The molecule has 0 bridgehead atoms. The molecule has 1 N–H and O–H groups in total. The monoisotopic (exact) mass is 245 g/mol. The molecule has 1 aromatic heterocycles. The maximum absolute atomic E-state index is 10.1. The van der Waals surface area contributed by atoms with E-state index in [1.807, 2.05) is 12.3 Å². The van der Waals surface area contributed by atoms with Crippen molar-refractivity contribution < 1.29 is 5.11 Å². The minimum absolute atomic E-state index is 0.418. The van der Waals surface area contributed by atoms with Crippen LogP contribution in [0.15, 0.2) is 29.6 Å². The van der Waals surface area contributed by atoms with E-state index in [0.717, 1.165) is 23.5 Å². The van der Waals surface area contributed by atoms with Gasteiger partial charge in [0.25, 0.3) is 0 Å². The van der Waals surface area contributed by atoms with E-state index in [2.05, 4.69) is 29.2 Å². The standard InChI is InChI=1S/C14H15NOS/c1-9-15-13(8-17-9)14(16)7-11-6-10-4-2-3-5-12(10)11/h2-5,8,11,14,16H,6-7H2,1H3. The fourth-order valence-corrected chi connectivity index (χ4v) is 3.16. The molecular weight excluding hydrogens is 230 g/mol. The summed E-state index contributed by atoms with van der Waals surface area (Å²) in [6, 6.07) is 8.49. The normalized spacial score (nSPS) is 19.5. The van der Waals surface area contributed by atoms with Crippen LogP contribution < -0.4 is 0 Å². The predicted molar refractivity (Wildman–Crippen MR) is 69.3 cm³/mol. The quantitative estimate of drug-likeness (QED) is 0.900. The Bertz CT molecular complexity index is 535. The van der Waals surface area contributed by atoms with E-state index in [9.17, 15) is 5.11 Å². The van der Waals surface area contributed by atoms with E-state index in [0.29, 0.717) is 5.92 Å². The highest BCUT2D eigenvalue weighted by molar-refractivity contribution is 7.09. The van der Waals surface area contributed by atoms with Gasteiger partial charge in [-0.2, -0.15) is 0 Å². The van der Waals surface area contributed by atoms with Crippen molar-refractivity contribution in [3.63, 3.8) is 0 Å². The number of fused-ring (bicyclic) bond motifs is 1. The molecule has 88 valence electrons. The van der Waals surface area contributed by atoms with Crippen molar-refractivity contribution in [2.24, 2.45) is 0 Å². The lowest BCUT2D eigenvalue weighted by molar-refractivity contribution is 0.149. The second-order valence-electron chi connectivity index (χ2n) is 4.64. The Morgan fingerprint density at radius 2 is 2.29 bits per heavy atom. The van der Waals surface area contributed by atoms with Gasteiger partial charge in [-0.3, -0.25) is 0 Å². The van der Waals surface area contributed by atoms with Crippen molar-refractivity contribution in [2.75, 3.05) is 0 Å². The summed E-state index contributed by atoms with van der Waals surface area (Å²) in [5, 5.41) is 13.1. The molecule has 3 rings (SSSR count). The van der Waals surface area contributed by atoms with Crippen LogP contribution in [0.25, 0.3) is 0 Å². The number of aliphatic hydroxyl groups is 1. The van der Waals surface area contributed by atoms with Crippen LogP contribution in [0, 0.1) is 6.92 Å². The molecule has 0 aliphatic heterocycles. The van der Waals surface area contributed by atoms with Gasteiger partial charge in [-0.05, 0) is 36.8 Å². The molecular formula is C14H15NOS. The van der Waals surface area contributed by atoms with Gasteiger partial charge < -0.3 is 5.11 Å². The van der Waals surface area contributed by atoms with Gasteiger partial charge in [0.15, 0.2) is 0 Å². The fraction of sp³-hybridized carbons (Fsp3) is 0.357. The summed E-state index contributed by atoms with van der Waals surface area (Å²) in [7, 11) is 0. The molecule has 2 aromatic rings. The van der Waals surface area contributed by atoms with Crippen LogP contribution >= 0.6 is 11.3 Å². The van der Waals surface area contributed by atoms with Crippen LogP contribution in [-0.4, -0.2) is 10.1 Å². The molecule has 1 heterocycles. The Kier molecular flexibility index (Phi) is 2.73. The van der Waals surface area contributed by atoms with Crippen LogP contribution in [0.4, 0.5) is 0 Å². The molecule has 3 heteroatoms. The van der Waals surface area contributed by atoms with Gasteiger partial charge in [-0.15, -0.1) is 11.3 Å². The molecule has 2 nitrogen and oxygen atoms in total. The third-order valence-electron chi connectivity index (χ3n) is 3.45. The van der Waals surface area contributed by atoms with Crippen molar-refractivity contribution in [2.45, 2.75) is 31.8 Å². The molecule has 0 fully saturated rings. The SMILES string of the molecule is Cc1nc(C(O)CC2Cc3ccccc32)cs1. The summed E-state index contributed by atoms with van der Waals surface area (Å²) < 4.78 is 0. The number of aryl methyl sites for hydroxylation is 1. The smallest absolute Gasteiger partial charge is 0.0974 e. The molecule has 0 saturated carbocycles. The number of benzene rings is 1. The predicted octanol–water partition coefficient (Wildman–Crippen LogP) is 3.21. The van der Waals surface area contributed by atoms with Crippen molar-refractivity contribution in [1.82, 2.24) is 4.98 Å². The topological polar surface area (TPSA) is 33.1 Å². The zero-order chi connectivity index (χ0) is 11.8. The Morgan fingerprint density at radius 3 is 3.00 bits per heavy atom. The Balaban J connectivity index is 1.70.